The molecule has 30 heavy (non-hydrogen) atoms. The minimum atomic E-state index is -0.540. The number of hydrogen-bond acceptors (Lipinski definition) is 8. The summed E-state index contributed by atoms with van der Waals surface area (Å²) in [6.07, 6.45) is 0.0157. The van der Waals surface area contributed by atoms with Gasteiger partial charge in [-0.3, -0.25) is 4.79 Å². The predicted molar refractivity (Wildman–Crippen MR) is 110 cm³/mol. The molecule has 1 aromatic carbocycles. The fourth-order valence-electron chi connectivity index (χ4n) is 3.25. The number of thiophene rings is 1. The molecule has 3 rings (SSSR count). The molecule has 0 fully saturated rings. The summed E-state index contributed by atoms with van der Waals surface area (Å²) in [4.78, 5) is 39.5. The van der Waals surface area contributed by atoms with Crippen molar-refractivity contribution < 1.29 is 33.3 Å². The maximum Gasteiger partial charge on any atom is 0.409 e. The van der Waals surface area contributed by atoms with Gasteiger partial charge in [-0.05, 0) is 30.2 Å². The summed E-state index contributed by atoms with van der Waals surface area (Å²) in [5, 5.41) is 3.17. The average Bonchev–Trinajstić information content (AvgIpc) is 3.14. The summed E-state index contributed by atoms with van der Waals surface area (Å²) < 4.78 is 20.1. The lowest BCUT2D eigenvalue weighted by Gasteiger charge is -2.25. The van der Waals surface area contributed by atoms with Gasteiger partial charge in [-0.15, -0.1) is 11.3 Å². The minimum Gasteiger partial charge on any atom is -0.493 e. The number of ether oxygens (including phenoxy) is 4. The molecule has 0 saturated heterocycles. The van der Waals surface area contributed by atoms with Gasteiger partial charge in [0.1, 0.15) is 5.00 Å². The van der Waals surface area contributed by atoms with Crippen LogP contribution in [0.25, 0.3) is 0 Å². The normalized spacial score (nSPS) is 12.6. The molecule has 0 spiro atoms. The zero-order valence-corrected chi connectivity index (χ0v) is 17.9. The van der Waals surface area contributed by atoms with E-state index < -0.39 is 18.0 Å². The SMILES string of the molecule is COC(=O)c1c(NC(=O)c2ccc(OC)c(OC)c2)sc2c1CCN(C(=O)OC)C2. The van der Waals surface area contributed by atoms with E-state index in [1.807, 2.05) is 0 Å². The third kappa shape index (κ3) is 4.04. The molecular formula is C20H22N2O7S. The molecule has 0 radical (unpaired) electrons. The highest BCUT2D eigenvalue weighted by Gasteiger charge is 2.31. The molecule has 0 bridgehead atoms. The summed E-state index contributed by atoms with van der Waals surface area (Å²) in [6, 6.07) is 4.78. The Balaban J connectivity index is 1.92. The van der Waals surface area contributed by atoms with Crippen LogP contribution in [0.2, 0.25) is 0 Å². The van der Waals surface area contributed by atoms with Gasteiger partial charge >= 0.3 is 12.1 Å². The highest BCUT2D eigenvalue weighted by Crippen LogP contribution is 2.38. The monoisotopic (exact) mass is 434 g/mol. The van der Waals surface area contributed by atoms with E-state index >= 15 is 0 Å². The van der Waals surface area contributed by atoms with Crippen molar-refractivity contribution in [2.45, 2.75) is 13.0 Å². The van der Waals surface area contributed by atoms with Crippen molar-refractivity contribution in [1.82, 2.24) is 4.90 Å². The van der Waals surface area contributed by atoms with Gasteiger partial charge < -0.3 is 29.2 Å². The molecule has 0 atom stereocenters. The number of fused-ring (bicyclic) bond motifs is 1. The van der Waals surface area contributed by atoms with Crippen LogP contribution in [0.4, 0.5) is 9.80 Å². The number of nitrogens with zero attached hydrogens (tertiary/aromatic N) is 1. The quantitative estimate of drug-likeness (QED) is 0.722. The molecule has 9 nitrogen and oxygen atoms in total. The first kappa shape index (κ1) is 21.4. The van der Waals surface area contributed by atoms with Crippen LogP contribution in [0.3, 0.4) is 0 Å². The van der Waals surface area contributed by atoms with Crippen molar-refractivity contribution in [3.63, 3.8) is 0 Å². The van der Waals surface area contributed by atoms with Crippen LogP contribution in [0.1, 0.15) is 31.2 Å². The molecule has 0 aliphatic carbocycles. The van der Waals surface area contributed by atoms with Gasteiger partial charge in [-0.1, -0.05) is 0 Å². The largest absolute Gasteiger partial charge is 0.493 e. The number of carbonyl (C=O) groups excluding carboxylic acids is 3. The smallest absolute Gasteiger partial charge is 0.409 e. The lowest BCUT2D eigenvalue weighted by Crippen LogP contribution is -2.35. The minimum absolute atomic E-state index is 0.295. The van der Waals surface area contributed by atoms with Gasteiger partial charge in [-0.2, -0.15) is 0 Å². The standard InChI is InChI=1S/C20H22N2O7S/c1-26-13-6-5-11(9-14(13)27-2)17(23)21-18-16(19(24)28-3)12-7-8-22(20(25)29-4)10-15(12)30-18/h5-6,9H,7-8,10H2,1-4H3,(H,21,23). The van der Waals surface area contributed by atoms with Crippen molar-refractivity contribution in [3.05, 3.63) is 39.8 Å². The third-order valence-electron chi connectivity index (χ3n) is 4.75. The van der Waals surface area contributed by atoms with Crippen LogP contribution in [-0.4, -0.2) is 57.9 Å². The van der Waals surface area contributed by atoms with E-state index in [0.29, 0.717) is 47.1 Å². The summed E-state index contributed by atoms with van der Waals surface area (Å²) in [7, 11) is 5.60. The summed E-state index contributed by atoms with van der Waals surface area (Å²) in [5.74, 6) is -0.0394. The number of anilines is 1. The average molecular weight is 434 g/mol. The van der Waals surface area contributed by atoms with Crippen LogP contribution in [0, 0.1) is 0 Å². The van der Waals surface area contributed by atoms with E-state index in [4.69, 9.17) is 18.9 Å². The molecule has 1 aliphatic rings. The lowest BCUT2D eigenvalue weighted by atomic mass is 10.0. The van der Waals surface area contributed by atoms with Gasteiger partial charge in [0.05, 0.1) is 40.5 Å². The van der Waals surface area contributed by atoms with Crippen LogP contribution in [0.15, 0.2) is 18.2 Å². The third-order valence-corrected chi connectivity index (χ3v) is 5.88. The molecule has 160 valence electrons. The van der Waals surface area contributed by atoms with Crippen molar-refractivity contribution in [1.29, 1.82) is 0 Å². The molecule has 1 N–H and O–H groups in total. The van der Waals surface area contributed by atoms with Crippen molar-refractivity contribution in [2.24, 2.45) is 0 Å². The first-order valence-corrected chi connectivity index (χ1v) is 9.84. The Labute approximate surface area is 177 Å². The second-order valence-corrected chi connectivity index (χ2v) is 7.47. The van der Waals surface area contributed by atoms with E-state index in [1.54, 1.807) is 23.1 Å². The number of methoxy groups -OCH3 is 4. The van der Waals surface area contributed by atoms with Crippen LogP contribution in [0.5, 0.6) is 11.5 Å². The zero-order valence-electron chi connectivity index (χ0n) is 17.1. The fourth-order valence-corrected chi connectivity index (χ4v) is 4.49. The summed E-state index contributed by atoms with van der Waals surface area (Å²) in [5.41, 5.74) is 1.43. The van der Waals surface area contributed by atoms with Gasteiger partial charge in [0.25, 0.3) is 5.91 Å². The first-order chi connectivity index (χ1) is 14.4. The van der Waals surface area contributed by atoms with E-state index in [2.05, 4.69) is 5.32 Å². The first-order valence-electron chi connectivity index (χ1n) is 9.02. The second kappa shape index (κ2) is 9.04. The van der Waals surface area contributed by atoms with E-state index in [9.17, 15) is 14.4 Å². The predicted octanol–water partition coefficient (Wildman–Crippen LogP) is 2.93. The maximum absolute atomic E-state index is 12.8. The zero-order chi connectivity index (χ0) is 21.8. The Bertz CT molecular complexity index is 986. The van der Waals surface area contributed by atoms with Gasteiger partial charge in [-0.25, -0.2) is 9.59 Å². The van der Waals surface area contributed by atoms with Gasteiger partial charge in [0.15, 0.2) is 11.5 Å². The summed E-state index contributed by atoms with van der Waals surface area (Å²) in [6.45, 7) is 0.701. The molecule has 2 aromatic rings. The van der Waals surface area contributed by atoms with Gasteiger partial charge in [0.2, 0.25) is 0 Å². The van der Waals surface area contributed by atoms with E-state index in [0.717, 1.165) is 10.4 Å². The molecule has 0 saturated carbocycles. The molecule has 2 amide bonds. The van der Waals surface area contributed by atoms with Crippen LogP contribution >= 0.6 is 11.3 Å². The molecule has 0 unspecified atom stereocenters. The number of hydrogen-bond donors (Lipinski definition) is 1. The van der Waals surface area contributed by atoms with E-state index in [-0.39, 0.29) is 0 Å². The highest BCUT2D eigenvalue weighted by molar-refractivity contribution is 7.17. The highest BCUT2D eigenvalue weighted by atomic mass is 32.1. The number of rotatable bonds is 5. The number of esters is 1. The topological polar surface area (TPSA) is 103 Å². The van der Waals surface area contributed by atoms with Crippen molar-refractivity contribution in [3.8, 4) is 11.5 Å². The molecule has 1 aromatic heterocycles. The summed E-state index contributed by atoms with van der Waals surface area (Å²) >= 11 is 1.24. The Hall–Kier alpha value is -3.27. The molecule has 2 heterocycles. The number of carbonyl (C=O) groups is 3. The van der Waals surface area contributed by atoms with E-state index in [1.165, 1.54) is 39.8 Å². The maximum atomic E-state index is 12.8. The number of amides is 2. The Kier molecular flexibility index (Phi) is 6.46. The van der Waals surface area contributed by atoms with Crippen LogP contribution in [-0.2, 0) is 22.4 Å². The van der Waals surface area contributed by atoms with Crippen molar-refractivity contribution in [2.75, 3.05) is 40.3 Å². The van der Waals surface area contributed by atoms with Crippen LogP contribution < -0.4 is 14.8 Å². The number of nitrogens with one attached hydrogen (secondary N) is 1. The molecule has 10 heteroatoms. The fraction of sp³-hybridized carbons (Fsp3) is 0.350. The molecular weight excluding hydrogens is 412 g/mol. The number of benzene rings is 1. The molecule has 1 aliphatic heterocycles. The van der Waals surface area contributed by atoms with Crippen molar-refractivity contribution >= 4 is 34.3 Å². The Morgan fingerprint density at radius 1 is 1.03 bits per heavy atom. The van der Waals surface area contributed by atoms with Gasteiger partial charge in [0, 0.05) is 17.0 Å². The lowest BCUT2D eigenvalue weighted by molar-refractivity contribution is 0.0600. The second-order valence-electron chi connectivity index (χ2n) is 6.36. The Morgan fingerprint density at radius 2 is 1.77 bits per heavy atom. The Morgan fingerprint density at radius 3 is 2.40 bits per heavy atom.